The molecule has 1 aromatic carbocycles. The zero-order valence-corrected chi connectivity index (χ0v) is 15.1. The molecule has 0 atom stereocenters. The van der Waals surface area contributed by atoms with Crippen LogP contribution in [0.1, 0.15) is 30.6 Å². The van der Waals surface area contributed by atoms with E-state index >= 15 is 0 Å². The van der Waals surface area contributed by atoms with Gasteiger partial charge in [-0.1, -0.05) is 42.5 Å². The molecule has 2 fully saturated rings. The Hall–Kier alpha value is -2.33. The smallest absolute Gasteiger partial charge is 0.223 e. The van der Waals surface area contributed by atoms with Gasteiger partial charge < -0.3 is 9.32 Å². The molecule has 1 aromatic heterocycles. The number of likely N-dealkylation sites (tertiary alicyclic amines) is 2. The molecule has 26 heavy (non-hydrogen) atoms. The van der Waals surface area contributed by atoms with Crippen LogP contribution >= 0.6 is 0 Å². The number of carbonyl (C=O) groups excluding carboxylic acids is 1. The SMILES string of the molecule is O=C1CC2(CCN(Cc3ccco3)CC2)CN1CC=Cc1ccccc1. The maximum Gasteiger partial charge on any atom is 0.223 e. The summed E-state index contributed by atoms with van der Waals surface area (Å²) in [7, 11) is 0. The molecule has 136 valence electrons. The summed E-state index contributed by atoms with van der Waals surface area (Å²) in [6.45, 7) is 4.58. The molecular formula is C22H26N2O2. The Labute approximate surface area is 155 Å². The third kappa shape index (κ3) is 3.91. The van der Waals surface area contributed by atoms with Gasteiger partial charge in [-0.2, -0.15) is 0 Å². The quantitative estimate of drug-likeness (QED) is 0.823. The highest BCUT2D eigenvalue weighted by Gasteiger charge is 2.44. The van der Waals surface area contributed by atoms with Crippen molar-refractivity contribution in [3.05, 3.63) is 66.1 Å². The van der Waals surface area contributed by atoms with Gasteiger partial charge in [0.15, 0.2) is 0 Å². The van der Waals surface area contributed by atoms with Crippen LogP contribution in [-0.4, -0.2) is 41.9 Å². The summed E-state index contributed by atoms with van der Waals surface area (Å²) in [4.78, 5) is 17.0. The van der Waals surface area contributed by atoms with Crippen molar-refractivity contribution in [2.45, 2.75) is 25.8 Å². The van der Waals surface area contributed by atoms with E-state index in [-0.39, 0.29) is 5.41 Å². The summed E-state index contributed by atoms with van der Waals surface area (Å²) in [5, 5.41) is 0. The van der Waals surface area contributed by atoms with Gasteiger partial charge in [0.05, 0.1) is 12.8 Å². The average molecular weight is 350 g/mol. The first-order chi connectivity index (χ1) is 12.7. The number of amides is 1. The fourth-order valence-corrected chi connectivity index (χ4v) is 4.17. The van der Waals surface area contributed by atoms with Crippen molar-refractivity contribution < 1.29 is 9.21 Å². The Morgan fingerprint density at radius 2 is 1.88 bits per heavy atom. The summed E-state index contributed by atoms with van der Waals surface area (Å²) in [6.07, 6.45) is 8.84. The zero-order valence-electron chi connectivity index (χ0n) is 15.1. The van der Waals surface area contributed by atoms with Gasteiger partial charge in [0, 0.05) is 19.5 Å². The number of nitrogens with zero attached hydrogens (tertiary/aromatic N) is 2. The number of rotatable bonds is 5. The Bertz CT molecular complexity index is 744. The molecule has 2 aromatic rings. The van der Waals surface area contributed by atoms with E-state index in [1.807, 2.05) is 35.2 Å². The predicted molar refractivity (Wildman–Crippen MR) is 102 cm³/mol. The first kappa shape index (κ1) is 17.1. The Morgan fingerprint density at radius 1 is 1.08 bits per heavy atom. The van der Waals surface area contributed by atoms with Crippen LogP contribution in [0.25, 0.3) is 6.08 Å². The van der Waals surface area contributed by atoms with Crippen LogP contribution in [0.3, 0.4) is 0 Å². The summed E-state index contributed by atoms with van der Waals surface area (Å²) in [5.41, 5.74) is 1.36. The van der Waals surface area contributed by atoms with E-state index < -0.39 is 0 Å². The molecule has 0 aliphatic carbocycles. The molecule has 2 saturated heterocycles. The van der Waals surface area contributed by atoms with Crippen LogP contribution in [-0.2, 0) is 11.3 Å². The fourth-order valence-electron chi connectivity index (χ4n) is 4.17. The lowest BCUT2D eigenvalue weighted by atomic mass is 9.77. The number of benzene rings is 1. The maximum absolute atomic E-state index is 12.5. The van der Waals surface area contributed by atoms with Crippen molar-refractivity contribution >= 4 is 12.0 Å². The summed E-state index contributed by atoms with van der Waals surface area (Å²) in [5.74, 6) is 1.33. The van der Waals surface area contributed by atoms with Gasteiger partial charge in [0.1, 0.15) is 5.76 Å². The average Bonchev–Trinajstić information content (AvgIpc) is 3.27. The molecule has 4 heteroatoms. The van der Waals surface area contributed by atoms with Crippen molar-refractivity contribution in [2.24, 2.45) is 5.41 Å². The fraction of sp³-hybridized carbons (Fsp3) is 0.409. The summed E-state index contributed by atoms with van der Waals surface area (Å²) >= 11 is 0. The first-order valence-electron chi connectivity index (χ1n) is 9.47. The number of hydrogen-bond acceptors (Lipinski definition) is 3. The molecule has 0 unspecified atom stereocenters. The first-order valence-corrected chi connectivity index (χ1v) is 9.47. The molecule has 0 saturated carbocycles. The highest BCUT2D eigenvalue weighted by Crippen LogP contribution is 2.41. The van der Waals surface area contributed by atoms with E-state index in [0.717, 1.165) is 44.8 Å². The Kier molecular flexibility index (Phi) is 4.93. The maximum atomic E-state index is 12.5. The number of carbonyl (C=O) groups is 1. The minimum atomic E-state index is 0.178. The molecule has 4 nitrogen and oxygen atoms in total. The number of furan rings is 1. The highest BCUT2D eigenvalue weighted by atomic mass is 16.3. The Morgan fingerprint density at radius 3 is 2.62 bits per heavy atom. The monoisotopic (exact) mass is 350 g/mol. The highest BCUT2D eigenvalue weighted by molar-refractivity contribution is 5.79. The van der Waals surface area contributed by atoms with Crippen LogP contribution < -0.4 is 0 Å². The van der Waals surface area contributed by atoms with Gasteiger partial charge in [-0.05, 0) is 49.0 Å². The van der Waals surface area contributed by atoms with Crippen molar-refractivity contribution in [1.29, 1.82) is 0 Å². The van der Waals surface area contributed by atoms with E-state index in [1.165, 1.54) is 5.56 Å². The Balaban J connectivity index is 1.29. The van der Waals surface area contributed by atoms with Crippen LogP contribution in [0.4, 0.5) is 0 Å². The normalized spacial score (nSPS) is 20.5. The van der Waals surface area contributed by atoms with E-state index in [1.54, 1.807) is 6.26 Å². The molecule has 2 aliphatic rings. The summed E-state index contributed by atoms with van der Waals surface area (Å²) < 4.78 is 5.46. The predicted octanol–water partition coefficient (Wildman–Crippen LogP) is 3.81. The second-order valence-electron chi connectivity index (χ2n) is 7.62. The molecular weight excluding hydrogens is 324 g/mol. The third-order valence-electron chi connectivity index (χ3n) is 5.72. The molecule has 0 radical (unpaired) electrons. The second kappa shape index (κ2) is 7.50. The van der Waals surface area contributed by atoms with Gasteiger partial charge in [0.2, 0.25) is 5.91 Å². The topological polar surface area (TPSA) is 36.7 Å². The van der Waals surface area contributed by atoms with Gasteiger partial charge in [-0.25, -0.2) is 0 Å². The van der Waals surface area contributed by atoms with Crippen LogP contribution in [0.2, 0.25) is 0 Å². The zero-order chi connectivity index (χ0) is 17.8. The molecule has 4 rings (SSSR count). The van der Waals surface area contributed by atoms with E-state index in [2.05, 4.69) is 29.2 Å². The lowest BCUT2D eigenvalue weighted by molar-refractivity contribution is -0.127. The van der Waals surface area contributed by atoms with Gasteiger partial charge in [-0.15, -0.1) is 0 Å². The second-order valence-corrected chi connectivity index (χ2v) is 7.62. The lowest BCUT2D eigenvalue weighted by Gasteiger charge is -2.38. The van der Waals surface area contributed by atoms with Crippen molar-refractivity contribution in [3.8, 4) is 0 Å². The van der Waals surface area contributed by atoms with E-state index in [9.17, 15) is 4.79 Å². The van der Waals surface area contributed by atoms with Crippen LogP contribution in [0, 0.1) is 5.41 Å². The third-order valence-corrected chi connectivity index (χ3v) is 5.72. The van der Waals surface area contributed by atoms with Crippen LogP contribution in [0.15, 0.2) is 59.2 Å². The minimum Gasteiger partial charge on any atom is -0.468 e. The number of piperidine rings is 1. The van der Waals surface area contributed by atoms with Crippen molar-refractivity contribution in [1.82, 2.24) is 9.80 Å². The minimum absolute atomic E-state index is 0.178. The van der Waals surface area contributed by atoms with Crippen LogP contribution in [0.5, 0.6) is 0 Å². The van der Waals surface area contributed by atoms with Crippen molar-refractivity contribution in [3.63, 3.8) is 0 Å². The molecule has 1 spiro atoms. The van der Waals surface area contributed by atoms with Gasteiger partial charge in [-0.3, -0.25) is 9.69 Å². The van der Waals surface area contributed by atoms with E-state index in [0.29, 0.717) is 18.9 Å². The molecule has 1 amide bonds. The molecule has 2 aliphatic heterocycles. The van der Waals surface area contributed by atoms with Crippen molar-refractivity contribution in [2.75, 3.05) is 26.2 Å². The van der Waals surface area contributed by atoms with Gasteiger partial charge in [0.25, 0.3) is 0 Å². The van der Waals surface area contributed by atoms with E-state index in [4.69, 9.17) is 4.42 Å². The largest absolute Gasteiger partial charge is 0.468 e. The molecule has 0 N–H and O–H groups in total. The number of hydrogen-bond donors (Lipinski definition) is 0. The summed E-state index contributed by atoms with van der Waals surface area (Å²) in [6, 6.07) is 14.2. The lowest BCUT2D eigenvalue weighted by Crippen LogP contribution is -2.41. The molecule has 3 heterocycles. The molecule has 0 bridgehead atoms. The van der Waals surface area contributed by atoms with Gasteiger partial charge >= 0.3 is 0 Å². The standard InChI is InChI=1S/C22H26N2O2/c25-21-16-22(10-13-23(14-11-22)17-20-9-5-15-26-20)18-24(21)12-4-8-19-6-2-1-3-7-19/h1-9,15H,10-14,16-18H2.